The van der Waals surface area contributed by atoms with Gasteiger partial charge in [0.25, 0.3) is 0 Å². The maximum absolute atomic E-state index is 14.4. The zero-order valence-corrected chi connectivity index (χ0v) is 19.0. The van der Waals surface area contributed by atoms with Crippen LogP contribution in [0.25, 0.3) is 10.9 Å². The van der Waals surface area contributed by atoms with Gasteiger partial charge in [-0.3, -0.25) is 9.69 Å². The summed E-state index contributed by atoms with van der Waals surface area (Å²) in [5.41, 5.74) is 1.65. The molecule has 0 spiro atoms. The second-order valence-electron chi connectivity index (χ2n) is 7.96. The van der Waals surface area contributed by atoms with Gasteiger partial charge in [-0.2, -0.15) is 0 Å². The fourth-order valence-electron chi connectivity index (χ4n) is 4.08. The first-order valence-corrected chi connectivity index (χ1v) is 10.7. The van der Waals surface area contributed by atoms with E-state index < -0.39 is 5.82 Å². The van der Waals surface area contributed by atoms with Crippen molar-refractivity contribution in [3.8, 4) is 5.75 Å². The zero-order valence-electron chi connectivity index (χ0n) is 18.2. The lowest BCUT2D eigenvalue weighted by molar-refractivity contribution is -0.134. The average molecular weight is 458 g/mol. The number of carbonyl (C=O) groups is 1. The van der Waals surface area contributed by atoms with Crippen LogP contribution in [0.4, 0.5) is 15.9 Å². The molecular formula is C23H25ClFN5O2. The van der Waals surface area contributed by atoms with Crippen LogP contribution >= 0.6 is 11.6 Å². The van der Waals surface area contributed by atoms with Crippen molar-refractivity contribution in [1.29, 1.82) is 0 Å². The maximum Gasteiger partial charge on any atom is 0.239 e. The molecule has 1 aliphatic rings. The average Bonchev–Trinajstić information content (AvgIpc) is 3.22. The van der Waals surface area contributed by atoms with Crippen molar-refractivity contribution < 1.29 is 13.9 Å². The quantitative estimate of drug-likeness (QED) is 0.597. The molecule has 0 unspecified atom stereocenters. The van der Waals surface area contributed by atoms with Gasteiger partial charge in [-0.25, -0.2) is 14.4 Å². The summed E-state index contributed by atoms with van der Waals surface area (Å²) in [5, 5.41) is 3.71. The minimum absolute atomic E-state index is 0.0211. The molecule has 3 aromatic rings. The molecule has 0 aliphatic carbocycles. The number of aromatic nitrogens is 2. The number of benzene rings is 2. The summed E-state index contributed by atoms with van der Waals surface area (Å²) in [6, 6.07) is 8.30. The molecule has 1 aliphatic heterocycles. The number of nitrogens with zero attached hydrogens (tertiary/aromatic N) is 4. The fraction of sp³-hybridized carbons (Fsp3) is 0.348. The Kier molecular flexibility index (Phi) is 6.43. The number of fused-ring (bicyclic) bond motifs is 1. The van der Waals surface area contributed by atoms with Gasteiger partial charge in [0, 0.05) is 30.6 Å². The summed E-state index contributed by atoms with van der Waals surface area (Å²) < 4.78 is 20.0. The van der Waals surface area contributed by atoms with E-state index in [1.54, 1.807) is 37.3 Å². The van der Waals surface area contributed by atoms with E-state index in [1.165, 1.54) is 12.4 Å². The lowest BCUT2D eigenvalue weighted by atomic mass is 10.1. The third kappa shape index (κ3) is 4.33. The highest BCUT2D eigenvalue weighted by Crippen LogP contribution is 2.32. The largest absolute Gasteiger partial charge is 0.496 e. The van der Waals surface area contributed by atoms with E-state index >= 15 is 0 Å². The van der Waals surface area contributed by atoms with Crippen LogP contribution in [0.15, 0.2) is 36.7 Å². The van der Waals surface area contributed by atoms with Crippen LogP contribution < -0.4 is 10.1 Å². The molecule has 9 heteroatoms. The van der Waals surface area contributed by atoms with E-state index in [2.05, 4.69) is 20.2 Å². The highest BCUT2D eigenvalue weighted by molar-refractivity contribution is 6.31. The van der Waals surface area contributed by atoms with Gasteiger partial charge >= 0.3 is 0 Å². The number of likely N-dealkylation sites (N-methyl/N-ethyl adjacent to an activating group) is 2. The standard InChI is InChI=1S/C23H25ClFN5O2/c1-29-9-5-8-19(29)23(31)30(2)12-14-10-15-18(11-20(14)32-3)26-13-27-22(15)28-17-7-4-6-16(24)21(17)25/h4,6-7,10-11,13,19H,5,8-9,12H2,1-3H3,(H,26,27,28)/t19-/m0/s1. The molecule has 2 heterocycles. The molecule has 0 saturated carbocycles. The number of ether oxygens (including phenoxy) is 1. The van der Waals surface area contributed by atoms with Crippen LogP contribution in [0.5, 0.6) is 5.75 Å². The van der Waals surface area contributed by atoms with E-state index in [0.29, 0.717) is 29.0 Å². The molecule has 7 nitrogen and oxygen atoms in total. The summed E-state index contributed by atoms with van der Waals surface area (Å²) in [6.07, 6.45) is 3.28. The Hall–Kier alpha value is -2.97. The predicted octanol–water partition coefficient (Wildman–Crippen LogP) is 4.23. The number of carbonyl (C=O) groups excluding carboxylic acids is 1. The van der Waals surface area contributed by atoms with E-state index in [-0.39, 0.29) is 22.7 Å². The molecule has 1 atom stereocenters. The molecule has 0 bridgehead atoms. The van der Waals surface area contributed by atoms with Crippen LogP contribution in [0.3, 0.4) is 0 Å². The molecule has 4 rings (SSSR count). The number of hydrogen-bond acceptors (Lipinski definition) is 6. The number of anilines is 2. The number of likely N-dealkylation sites (tertiary alicyclic amines) is 1. The Bertz CT molecular complexity index is 1160. The van der Waals surface area contributed by atoms with Crippen molar-refractivity contribution in [2.45, 2.75) is 25.4 Å². The predicted molar refractivity (Wildman–Crippen MR) is 123 cm³/mol. The van der Waals surface area contributed by atoms with Gasteiger partial charge in [-0.05, 0) is 44.6 Å². The second kappa shape index (κ2) is 9.26. The molecule has 1 fully saturated rings. The topological polar surface area (TPSA) is 70.6 Å². The van der Waals surface area contributed by atoms with Gasteiger partial charge < -0.3 is 15.0 Å². The van der Waals surface area contributed by atoms with Gasteiger partial charge in [0.1, 0.15) is 17.9 Å². The van der Waals surface area contributed by atoms with Crippen LogP contribution in [0.2, 0.25) is 5.02 Å². The summed E-state index contributed by atoms with van der Waals surface area (Å²) in [4.78, 5) is 25.4. The summed E-state index contributed by atoms with van der Waals surface area (Å²) in [7, 11) is 5.35. The van der Waals surface area contributed by atoms with Crippen molar-refractivity contribution in [2.24, 2.45) is 0 Å². The SMILES string of the molecule is COc1cc2ncnc(Nc3cccc(Cl)c3F)c2cc1CN(C)C(=O)[C@@H]1CCCN1C. The Morgan fingerprint density at radius 2 is 2.19 bits per heavy atom. The van der Waals surface area contributed by atoms with Gasteiger partial charge in [0.05, 0.1) is 29.4 Å². The normalized spacial score (nSPS) is 16.3. The molecule has 0 radical (unpaired) electrons. The minimum Gasteiger partial charge on any atom is -0.496 e. The van der Waals surface area contributed by atoms with Crippen molar-refractivity contribution in [3.63, 3.8) is 0 Å². The highest BCUT2D eigenvalue weighted by atomic mass is 35.5. The Balaban J connectivity index is 1.67. The summed E-state index contributed by atoms with van der Waals surface area (Å²) in [6.45, 7) is 1.29. The minimum atomic E-state index is -0.555. The lowest BCUT2D eigenvalue weighted by Gasteiger charge is -2.26. The van der Waals surface area contributed by atoms with E-state index in [1.807, 2.05) is 13.1 Å². The van der Waals surface area contributed by atoms with Gasteiger partial charge in [0.15, 0.2) is 5.82 Å². The van der Waals surface area contributed by atoms with Gasteiger partial charge in [-0.15, -0.1) is 0 Å². The maximum atomic E-state index is 14.4. The van der Waals surface area contributed by atoms with Crippen LogP contribution in [0.1, 0.15) is 18.4 Å². The molecule has 1 amide bonds. The number of amides is 1. The number of halogens is 2. The van der Waals surface area contributed by atoms with Crippen molar-refractivity contribution in [2.75, 3.05) is 33.1 Å². The van der Waals surface area contributed by atoms with E-state index in [9.17, 15) is 9.18 Å². The van der Waals surface area contributed by atoms with Crippen molar-refractivity contribution >= 4 is 39.9 Å². The fourth-order valence-corrected chi connectivity index (χ4v) is 4.25. The van der Waals surface area contributed by atoms with E-state index in [0.717, 1.165) is 24.9 Å². The van der Waals surface area contributed by atoms with Gasteiger partial charge in [-0.1, -0.05) is 17.7 Å². The third-order valence-electron chi connectivity index (χ3n) is 5.83. The first-order chi connectivity index (χ1) is 15.4. The highest BCUT2D eigenvalue weighted by Gasteiger charge is 2.30. The Morgan fingerprint density at radius 1 is 1.38 bits per heavy atom. The number of hydrogen-bond donors (Lipinski definition) is 1. The smallest absolute Gasteiger partial charge is 0.239 e. The lowest BCUT2D eigenvalue weighted by Crippen LogP contribution is -2.42. The first kappa shape index (κ1) is 22.2. The molecule has 1 saturated heterocycles. The molecule has 1 aromatic heterocycles. The van der Waals surface area contributed by atoms with Crippen LogP contribution in [0, 0.1) is 5.82 Å². The second-order valence-corrected chi connectivity index (χ2v) is 8.37. The third-order valence-corrected chi connectivity index (χ3v) is 6.12. The molecule has 32 heavy (non-hydrogen) atoms. The van der Waals surface area contributed by atoms with Gasteiger partial charge in [0.2, 0.25) is 5.91 Å². The molecule has 2 aromatic carbocycles. The number of methoxy groups -OCH3 is 1. The van der Waals surface area contributed by atoms with E-state index in [4.69, 9.17) is 16.3 Å². The molecule has 1 N–H and O–H groups in total. The first-order valence-electron chi connectivity index (χ1n) is 10.4. The summed E-state index contributed by atoms with van der Waals surface area (Å²) in [5.74, 6) is 0.580. The Labute approximate surface area is 191 Å². The van der Waals surface area contributed by atoms with Crippen molar-refractivity contribution in [1.82, 2.24) is 19.8 Å². The zero-order chi connectivity index (χ0) is 22.8. The van der Waals surface area contributed by atoms with Crippen LogP contribution in [-0.2, 0) is 11.3 Å². The summed E-state index contributed by atoms with van der Waals surface area (Å²) >= 11 is 5.91. The number of nitrogens with one attached hydrogen (secondary N) is 1. The Morgan fingerprint density at radius 3 is 2.91 bits per heavy atom. The van der Waals surface area contributed by atoms with Crippen molar-refractivity contribution in [3.05, 3.63) is 53.1 Å². The molecule has 168 valence electrons. The monoisotopic (exact) mass is 457 g/mol. The van der Waals surface area contributed by atoms with Crippen LogP contribution in [-0.4, -0.2) is 59.5 Å². The molecular weight excluding hydrogens is 433 g/mol. The number of rotatable bonds is 6.